The summed E-state index contributed by atoms with van der Waals surface area (Å²) in [5.74, 6) is 0.691. The van der Waals surface area contributed by atoms with Gasteiger partial charge in [0.1, 0.15) is 4.83 Å². The number of fused-ring (bicyclic) bond motifs is 3. The third-order valence-corrected chi connectivity index (χ3v) is 7.77. The topological polar surface area (TPSA) is 37.8 Å². The fourth-order valence-electron chi connectivity index (χ4n) is 4.68. The molecule has 2 aromatic rings. The molecule has 5 heteroatoms. The Labute approximate surface area is 158 Å². The molecule has 2 aliphatic rings. The van der Waals surface area contributed by atoms with E-state index in [4.69, 9.17) is 12.2 Å². The highest BCUT2D eigenvalue weighted by atomic mass is 32.1. The Morgan fingerprint density at radius 2 is 1.88 bits per heavy atom. The Hall–Kier alpha value is -0.940. The first-order valence-electron chi connectivity index (χ1n) is 9.65. The lowest BCUT2D eigenvalue weighted by Gasteiger charge is -2.33. The van der Waals surface area contributed by atoms with Crippen molar-refractivity contribution < 1.29 is 0 Å². The highest BCUT2D eigenvalue weighted by Crippen LogP contribution is 2.42. The summed E-state index contributed by atoms with van der Waals surface area (Å²) in [5.41, 5.74) is 1.79. The van der Waals surface area contributed by atoms with E-state index >= 15 is 0 Å². The molecule has 0 spiro atoms. The summed E-state index contributed by atoms with van der Waals surface area (Å²) in [7, 11) is 0. The van der Waals surface area contributed by atoms with Gasteiger partial charge in [0.2, 0.25) is 0 Å². The van der Waals surface area contributed by atoms with Gasteiger partial charge in [-0.25, -0.2) is 0 Å². The van der Waals surface area contributed by atoms with Gasteiger partial charge in [-0.1, -0.05) is 40.0 Å². The van der Waals surface area contributed by atoms with Gasteiger partial charge in [-0.2, -0.15) is 0 Å². The third kappa shape index (κ3) is 3.03. The van der Waals surface area contributed by atoms with Crippen LogP contribution in [-0.4, -0.2) is 9.55 Å². The Kier molecular flexibility index (Phi) is 4.43. The molecule has 25 heavy (non-hydrogen) atoms. The van der Waals surface area contributed by atoms with Crippen molar-refractivity contribution in [1.82, 2.24) is 9.55 Å². The van der Waals surface area contributed by atoms with Crippen molar-refractivity contribution in [2.24, 2.45) is 11.3 Å². The highest BCUT2D eigenvalue weighted by molar-refractivity contribution is 7.71. The molecule has 1 saturated carbocycles. The van der Waals surface area contributed by atoms with Crippen molar-refractivity contribution in [2.45, 2.75) is 78.2 Å². The minimum atomic E-state index is 0.164. The monoisotopic (exact) mass is 376 g/mol. The van der Waals surface area contributed by atoms with Crippen LogP contribution in [0.3, 0.4) is 0 Å². The van der Waals surface area contributed by atoms with Crippen molar-refractivity contribution in [3.8, 4) is 0 Å². The van der Waals surface area contributed by atoms with Crippen molar-refractivity contribution in [1.29, 1.82) is 0 Å². The molecule has 1 unspecified atom stereocenters. The molecular formula is C20H28N2OS2. The van der Waals surface area contributed by atoms with Crippen LogP contribution in [0.25, 0.3) is 10.2 Å². The molecular weight excluding hydrogens is 348 g/mol. The summed E-state index contributed by atoms with van der Waals surface area (Å²) in [6.07, 6.45) is 9.18. The highest BCUT2D eigenvalue weighted by Gasteiger charge is 2.32. The van der Waals surface area contributed by atoms with Crippen LogP contribution in [0.1, 0.15) is 75.8 Å². The van der Waals surface area contributed by atoms with E-state index in [1.165, 1.54) is 36.1 Å². The first kappa shape index (κ1) is 17.5. The van der Waals surface area contributed by atoms with Crippen LogP contribution in [0, 0.1) is 16.1 Å². The maximum atomic E-state index is 13.3. The molecule has 0 aromatic carbocycles. The molecule has 0 bridgehead atoms. The number of rotatable bonds is 1. The molecule has 0 aliphatic heterocycles. The summed E-state index contributed by atoms with van der Waals surface area (Å²) in [6.45, 7) is 7.00. The van der Waals surface area contributed by atoms with E-state index in [1.54, 1.807) is 11.3 Å². The van der Waals surface area contributed by atoms with E-state index in [0.29, 0.717) is 16.1 Å². The van der Waals surface area contributed by atoms with Gasteiger partial charge in [0, 0.05) is 10.9 Å². The number of nitrogens with one attached hydrogen (secondary N) is 1. The van der Waals surface area contributed by atoms with E-state index in [2.05, 4.69) is 25.8 Å². The maximum Gasteiger partial charge on any atom is 0.263 e. The molecule has 4 rings (SSSR count). The van der Waals surface area contributed by atoms with E-state index in [-0.39, 0.29) is 11.6 Å². The molecule has 136 valence electrons. The number of aryl methyl sites for hydroxylation is 1. The fourth-order valence-corrected chi connectivity index (χ4v) is 6.40. The van der Waals surface area contributed by atoms with Crippen LogP contribution in [-0.2, 0) is 12.8 Å². The van der Waals surface area contributed by atoms with E-state index in [0.717, 1.165) is 35.9 Å². The molecule has 0 saturated heterocycles. The summed E-state index contributed by atoms with van der Waals surface area (Å²) >= 11 is 7.35. The summed E-state index contributed by atoms with van der Waals surface area (Å²) in [4.78, 5) is 19.2. The second-order valence-corrected chi connectivity index (χ2v) is 10.4. The van der Waals surface area contributed by atoms with Gasteiger partial charge in [-0.3, -0.25) is 9.36 Å². The summed E-state index contributed by atoms with van der Waals surface area (Å²) in [6, 6.07) is 0.288. The quantitative estimate of drug-likeness (QED) is 0.641. The van der Waals surface area contributed by atoms with Gasteiger partial charge >= 0.3 is 0 Å². The predicted octanol–water partition coefficient (Wildman–Crippen LogP) is 5.78. The molecule has 1 atom stereocenters. The fraction of sp³-hybridized carbons (Fsp3) is 0.700. The second kappa shape index (κ2) is 6.34. The molecule has 0 amide bonds. The Morgan fingerprint density at radius 3 is 2.56 bits per heavy atom. The zero-order chi connectivity index (χ0) is 17.8. The lowest BCUT2D eigenvalue weighted by molar-refractivity contribution is 0.218. The molecule has 2 aromatic heterocycles. The van der Waals surface area contributed by atoms with Gasteiger partial charge in [-0.15, -0.1) is 11.3 Å². The minimum Gasteiger partial charge on any atom is -0.323 e. The van der Waals surface area contributed by atoms with Crippen LogP contribution < -0.4 is 5.56 Å². The zero-order valence-corrected chi connectivity index (χ0v) is 17.1. The number of thiophene rings is 1. The number of H-pyrrole nitrogens is 1. The van der Waals surface area contributed by atoms with E-state index in [1.807, 2.05) is 4.57 Å². The smallest absolute Gasteiger partial charge is 0.263 e. The maximum absolute atomic E-state index is 13.3. The van der Waals surface area contributed by atoms with Gasteiger partial charge in [0.15, 0.2) is 4.77 Å². The first-order valence-corrected chi connectivity index (χ1v) is 10.9. The molecule has 3 nitrogen and oxygen atoms in total. The summed E-state index contributed by atoms with van der Waals surface area (Å²) in [5, 5.41) is 0.937. The number of aromatic amines is 1. The first-order chi connectivity index (χ1) is 11.9. The Balaban J connectivity index is 1.83. The molecule has 2 heterocycles. The van der Waals surface area contributed by atoms with Crippen molar-refractivity contribution in [3.63, 3.8) is 0 Å². The number of aromatic nitrogens is 2. The predicted molar refractivity (Wildman–Crippen MR) is 108 cm³/mol. The van der Waals surface area contributed by atoms with Gasteiger partial charge in [0.05, 0.1) is 5.39 Å². The average molecular weight is 377 g/mol. The van der Waals surface area contributed by atoms with Gasteiger partial charge in [-0.05, 0) is 61.2 Å². The SMILES string of the molecule is CC(C)(C)C1CCc2c(sc3[nH]c(=S)n(C4CCCCC4)c(=O)c23)C1. The van der Waals surface area contributed by atoms with Gasteiger partial charge in [0.25, 0.3) is 5.56 Å². The lowest BCUT2D eigenvalue weighted by atomic mass is 9.72. The summed E-state index contributed by atoms with van der Waals surface area (Å²) < 4.78 is 2.52. The molecule has 0 radical (unpaired) electrons. The van der Waals surface area contributed by atoms with Crippen LogP contribution >= 0.6 is 23.6 Å². The van der Waals surface area contributed by atoms with Crippen LogP contribution in [0.5, 0.6) is 0 Å². The standard InChI is InChI=1S/C20H28N2OS2/c1-20(2,3)12-9-10-14-15(11-12)25-17-16(14)18(23)22(19(24)21-17)13-7-5-4-6-8-13/h12-13H,4-11H2,1-3H3,(H,21,24). The Bertz CT molecular complexity index is 907. The molecule has 1 N–H and O–H groups in total. The normalized spacial score (nSPS) is 22.3. The van der Waals surface area contributed by atoms with Crippen LogP contribution in [0.15, 0.2) is 4.79 Å². The van der Waals surface area contributed by atoms with Crippen molar-refractivity contribution in [3.05, 3.63) is 25.6 Å². The zero-order valence-electron chi connectivity index (χ0n) is 15.5. The van der Waals surface area contributed by atoms with Crippen LogP contribution in [0.2, 0.25) is 0 Å². The molecule has 1 fully saturated rings. The lowest BCUT2D eigenvalue weighted by Crippen LogP contribution is -2.29. The number of hydrogen-bond donors (Lipinski definition) is 1. The number of hydrogen-bond acceptors (Lipinski definition) is 3. The Morgan fingerprint density at radius 1 is 1.16 bits per heavy atom. The second-order valence-electron chi connectivity index (χ2n) is 8.91. The van der Waals surface area contributed by atoms with Crippen molar-refractivity contribution in [2.75, 3.05) is 0 Å². The van der Waals surface area contributed by atoms with Crippen LogP contribution in [0.4, 0.5) is 0 Å². The van der Waals surface area contributed by atoms with Gasteiger partial charge < -0.3 is 4.98 Å². The van der Waals surface area contributed by atoms with E-state index < -0.39 is 0 Å². The van der Waals surface area contributed by atoms with Crippen molar-refractivity contribution >= 4 is 33.8 Å². The third-order valence-electron chi connectivity index (χ3n) is 6.30. The molecule has 2 aliphatic carbocycles. The minimum absolute atomic E-state index is 0.164. The van der Waals surface area contributed by atoms with E-state index in [9.17, 15) is 4.79 Å². The number of nitrogens with zero attached hydrogens (tertiary/aromatic N) is 1. The largest absolute Gasteiger partial charge is 0.323 e. The average Bonchev–Trinajstić information content (AvgIpc) is 2.92.